The molecule has 0 atom stereocenters. The Hall–Kier alpha value is -0.164. The maximum atomic E-state index is 5.17. The molecule has 0 aliphatic carbocycles. The molecule has 2 heteroatoms. The second-order valence-corrected chi connectivity index (χ2v) is 1.77. The van der Waals surface area contributed by atoms with Crippen LogP contribution < -0.4 is 0 Å². The summed E-state index contributed by atoms with van der Waals surface area (Å²) in [5, 5.41) is 2.31. The fourth-order valence-electron chi connectivity index (χ4n) is 0.576. The van der Waals surface area contributed by atoms with E-state index in [1.54, 1.807) is 0 Å². The van der Waals surface area contributed by atoms with Gasteiger partial charge in [0.2, 0.25) is 0 Å². The van der Waals surface area contributed by atoms with E-state index in [1.807, 2.05) is 30.3 Å². The first-order valence-corrected chi connectivity index (χ1v) is 2.98. The number of hydrogen-bond acceptors (Lipinski definition) is 0. The maximum absolute atomic E-state index is 5.17. The van der Waals surface area contributed by atoms with E-state index >= 15 is 0 Å². The van der Waals surface area contributed by atoms with Crippen LogP contribution in [0.5, 0.6) is 0 Å². The summed E-state index contributed by atoms with van der Waals surface area (Å²) in [5.74, 6) is 2.72. The molecule has 1 rings (SSSR count). The van der Waals surface area contributed by atoms with Gasteiger partial charge in [-0.1, -0.05) is 18.2 Å². The quantitative estimate of drug-likeness (QED) is 0.405. The Labute approximate surface area is 84.7 Å². The van der Waals surface area contributed by atoms with Gasteiger partial charge in [-0.2, -0.15) is 0 Å². The fourth-order valence-corrected chi connectivity index (χ4v) is 0.685. The van der Waals surface area contributed by atoms with Gasteiger partial charge < -0.3 is 2.85 Å². The van der Waals surface area contributed by atoms with Crippen molar-refractivity contribution in [3.8, 4) is 11.3 Å². The predicted octanol–water partition coefficient (Wildman–Crippen LogP) is 2.08. The molecule has 0 fully saturated rings. The Balaban J connectivity index is -0.000000270. The molecule has 0 N–H and O–H groups in total. The van der Waals surface area contributed by atoms with E-state index in [4.69, 9.17) is 11.6 Å². The summed E-state index contributed by atoms with van der Waals surface area (Å²) in [4.78, 5) is 0. The molecule has 0 aliphatic heterocycles. The minimum atomic E-state index is 0. The Morgan fingerprint density at radius 3 is 2.30 bits per heavy atom. The molecule has 1 aromatic carbocycles. The molecule has 0 radical (unpaired) electrons. The minimum absolute atomic E-state index is 0. The summed E-state index contributed by atoms with van der Waals surface area (Å²) in [7, 11) is 0. The van der Waals surface area contributed by atoms with E-state index in [0.29, 0.717) is 0 Å². The van der Waals surface area contributed by atoms with Crippen molar-refractivity contribution in [2.24, 2.45) is 0 Å². The third-order valence-corrected chi connectivity index (χ3v) is 1.06. The molecule has 0 nitrogen and oxygen atoms in total. The van der Waals surface area contributed by atoms with Crippen LogP contribution in [0.3, 0.4) is 0 Å². The molecule has 1 aromatic rings. The first-order chi connectivity index (χ1) is 4.43. The van der Waals surface area contributed by atoms with E-state index in [0.717, 1.165) is 5.56 Å². The smallest absolute Gasteiger partial charge is 1.00 e. The van der Waals surface area contributed by atoms with Gasteiger partial charge in [0.15, 0.2) is 0 Å². The molecule has 10 heavy (non-hydrogen) atoms. The molecule has 0 saturated carbocycles. The van der Waals surface area contributed by atoms with Gasteiger partial charge in [-0.15, -0.1) is 0 Å². The van der Waals surface area contributed by atoms with E-state index in [-0.39, 0.29) is 25.9 Å². The number of benzene rings is 1. The third kappa shape index (κ3) is 3.12. The summed E-state index contributed by atoms with van der Waals surface area (Å²) in [5.41, 5.74) is 0.951. The van der Waals surface area contributed by atoms with Gasteiger partial charge in [0, 0.05) is 10.9 Å². The number of halogens is 1. The summed E-state index contributed by atoms with van der Waals surface area (Å²) >= 11 is 5.17. The van der Waals surface area contributed by atoms with Crippen LogP contribution in [0.4, 0.5) is 0 Å². The second-order valence-electron chi connectivity index (χ2n) is 1.59. The van der Waals surface area contributed by atoms with Crippen LogP contribution in [0.25, 0.3) is 0 Å². The number of hydrogen-bond donors (Lipinski definition) is 0. The van der Waals surface area contributed by atoms with Crippen molar-refractivity contribution < 1.29 is 2.85 Å². The van der Waals surface area contributed by atoms with Crippen molar-refractivity contribution in [3.05, 3.63) is 35.9 Å². The van der Waals surface area contributed by atoms with Crippen molar-refractivity contribution in [3.63, 3.8) is 0 Å². The van der Waals surface area contributed by atoms with Crippen LogP contribution in [0.1, 0.15) is 8.42 Å². The van der Waals surface area contributed by atoms with Crippen LogP contribution in [0, 0.1) is 11.3 Å². The van der Waals surface area contributed by atoms with Crippen molar-refractivity contribution in [1.29, 1.82) is 0 Å². The van der Waals surface area contributed by atoms with Crippen LogP contribution in [-0.4, -0.2) is 23.1 Å². The fraction of sp³-hybridized carbons (Fsp3) is 0. The van der Waals surface area contributed by atoms with E-state index in [9.17, 15) is 0 Å². The molecule has 0 spiro atoms. The van der Waals surface area contributed by atoms with E-state index in [1.165, 1.54) is 0 Å². The monoisotopic (exact) mass is 162 g/mol. The predicted molar refractivity (Wildman–Crippen MR) is 47.2 cm³/mol. The Bertz CT molecular complexity index is 240. The molecule has 48 valence electrons. The normalized spacial score (nSPS) is 6.90. The minimum Gasteiger partial charge on any atom is -1.00 e. The zero-order valence-corrected chi connectivity index (χ0v) is 7.64. The second kappa shape index (κ2) is 5.61. The van der Waals surface area contributed by atoms with Crippen molar-refractivity contribution >= 4 is 34.7 Å². The third-order valence-electron chi connectivity index (χ3n) is 0.965. The van der Waals surface area contributed by atoms with Gasteiger partial charge in [-0.25, -0.2) is 0 Å². The van der Waals surface area contributed by atoms with Gasteiger partial charge in [0.25, 0.3) is 0 Å². The molecular formula is C8H7ClMg. The molecule has 0 aliphatic rings. The first-order valence-electron chi connectivity index (χ1n) is 2.60. The summed E-state index contributed by atoms with van der Waals surface area (Å²) in [6, 6.07) is 9.62. The van der Waals surface area contributed by atoms with Gasteiger partial charge in [0.1, 0.15) is 0 Å². The Morgan fingerprint density at radius 2 is 1.80 bits per heavy atom. The van der Waals surface area contributed by atoms with Crippen molar-refractivity contribution in [1.82, 2.24) is 0 Å². The zero-order chi connectivity index (χ0) is 6.53. The topological polar surface area (TPSA) is 0 Å². The summed E-state index contributed by atoms with van der Waals surface area (Å²) in [6.45, 7) is 0. The molecule has 0 saturated heterocycles. The van der Waals surface area contributed by atoms with Gasteiger partial charge in [-0.05, 0) is 29.7 Å². The van der Waals surface area contributed by atoms with Gasteiger partial charge in [-0.3, -0.25) is 0 Å². The van der Waals surface area contributed by atoms with Crippen LogP contribution >= 0.6 is 11.6 Å². The average Bonchev–Trinajstić information content (AvgIpc) is 1.91. The zero-order valence-electron chi connectivity index (χ0n) is 7.47. The van der Waals surface area contributed by atoms with E-state index in [2.05, 4.69) is 11.3 Å². The maximum Gasteiger partial charge on any atom is 2.00 e. The average molecular weight is 163 g/mol. The van der Waals surface area contributed by atoms with Crippen molar-refractivity contribution in [2.45, 2.75) is 0 Å². The van der Waals surface area contributed by atoms with Crippen LogP contribution in [-0.2, 0) is 0 Å². The van der Waals surface area contributed by atoms with Gasteiger partial charge >= 0.3 is 23.1 Å². The van der Waals surface area contributed by atoms with E-state index < -0.39 is 0 Å². The number of rotatable bonds is 0. The van der Waals surface area contributed by atoms with Crippen molar-refractivity contribution in [2.75, 3.05) is 0 Å². The standard InChI is InChI=1S/C8H5Cl.Mg.2H/c9-7-6-8-4-2-1-3-5-8;;;/h1-5H;;;/q;+2;2*-1. The molecule has 0 aromatic heterocycles. The molecular weight excluding hydrogens is 156 g/mol. The Kier molecular flexibility index (Phi) is 5.52. The molecule has 0 unspecified atom stereocenters. The largest absolute Gasteiger partial charge is 2.00 e. The first kappa shape index (κ1) is 9.84. The van der Waals surface area contributed by atoms with Gasteiger partial charge in [0.05, 0.1) is 0 Å². The SMILES string of the molecule is ClC#Cc1ccccc1.[H-].[H-].[Mg+2]. The summed E-state index contributed by atoms with van der Waals surface area (Å²) in [6.07, 6.45) is 0. The van der Waals surface area contributed by atoms with Crippen LogP contribution in [0.2, 0.25) is 0 Å². The molecule has 0 bridgehead atoms. The Morgan fingerprint density at radius 1 is 1.20 bits per heavy atom. The molecule has 0 amide bonds. The van der Waals surface area contributed by atoms with Crippen LogP contribution in [0.15, 0.2) is 30.3 Å². The summed E-state index contributed by atoms with van der Waals surface area (Å²) < 4.78 is 0. The molecule has 0 heterocycles.